The molecule has 4 nitrogen and oxygen atoms in total. The van der Waals surface area contributed by atoms with E-state index in [0.717, 1.165) is 37.9 Å². The monoisotopic (exact) mass is 357 g/mol. The van der Waals surface area contributed by atoms with Gasteiger partial charge in [0.25, 0.3) is 0 Å². The summed E-state index contributed by atoms with van der Waals surface area (Å²) < 4.78 is 41.1. The lowest BCUT2D eigenvalue weighted by atomic mass is 10.1. The van der Waals surface area contributed by atoms with E-state index in [1.54, 1.807) is 23.6 Å². The van der Waals surface area contributed by atoms with Crippen LogP contribution in [0.15, 0.2) is 18.2 Å². The van der Waals surface area contributed by atoms with Gasteiger partial charge in [-0.1, -0.05) is 12.5 Å². The molecule has 24 heavy (non-hydrogen) atoms. The minimum absolute atomic E-state index is 0.108. The van der Waals surface area contributed by atoms with E-state index in [2.05, 4.69) is 4.90 Å². The Morgan fingerprint density at radius 3 is 2.46 bits per heavy atom. The summed E-state index contributed by atoms with van der Waals surface area (Å²) in [7, 11) is 0. The first kappa shape index (κ1) is 17.2. The van der Waals surface area contributed by atoms with Crippen molar-refractivity contribution in [1.82, 2.24) is 14.0 Å². The van der Waals surface area contributed by atoms with Crippen LogP contribution in [0.5, 0.6) is 0 Å². The number of carbonyl (C=O) groups excluding carboxylic acids is 1. The van der Waals surface area contributed by atoms with Crippen LogP contribution in [0, 0.1) is 11.7 Å². The standard InChI is InChI=1S/C16H18F3N3OS/c1-11-5-6-12-13(9-11)22(14(23)16(17,18)19)15(24)21(12)10-20-7-3-2-4-8-20/h5-6,9H,2-4,7-8,10H2,1H3. The van der Waals surface area contributed by atoms with Gasteiger partial charge in [-0.3, -0.25) is 9.69 Å². The molecule has 130 valence electrons. The van der Waals surface area contributed by atoms with Crippen molar-refractivity contribution < 1.29 is 18.0 Å². The first-order chi connectivity index (χ1) is 11.3. The zero-order valence-electron chi connectivity index (χ0n) is 13.3. The van der Waals surface area contributed by atoms with E-state index < -0.39 is 12.1 Å². The highest BCUT2D eigenvalue weighted by atomic mass is 32.1. The van der Waals surface area contributed by atoms with Gasteiger partial charge in [0.2, 0.25) is 0 Å². The van der Waals surface area contributed by atoms with Gasteiger partial charge in [0.15, 0.2) is 4.77 Å². The molecule has 0 atom stereocenters. The molecule has 0 amide bonds. The molecule has 3 rings (SSSR count). The first-order valence-corrected chi connectivity index (χ1v) is 8.25. The number of aromatic nitrogens is 2. The second kappa shape index (κ2) is 6.33. The van der Waals surface area contributed by atoms with Gasteiger partial charge in [-0.2, -0.15) is 13.2 Å². The zero-order chi connectivity index (χ0) is 17.5. The Bertz CT molecular complexity index is 831. The van der Waals surface area contributed by atoms with Crippen LogP contribution in [0.3, 0.4) is 0 Å². The molecule has 1 aromatic heterocycles. The van der Waals surface area contributed by atoms with Crippen molar-refractivity contribution in [2.24, 2.45) is 0 Å². The number of fused-ring (bicyclic) bond motifs is 1. The molecule has 2 heterocycles. The summed E-state index contributed by atoms with van der Waals surface area (Å²) >= 11 is 5.23. The fourth-order valence-electron chi connectivity index (χ4n) is 3.13. The maximum atomic E-state index is 13.0. The average molecular weight is 357 g/mol. The first-order valence-electron chi connectivity index (χ1n) is 7.85. The molecule has 2 aromatic rings. The molecule has 0 bridgehead atoms. The summed E-state index contributed by atoms with van der Waals surface area (Å²) in [6.45, 7) is 3.93. The highest BCUT2D eigenvalue weighted by molar-refractivity contribution is 7.71. The van der Waals surface area contributed by atoms with Crippen molar-refractivity contribution >= 4 is 29.2 Å². The van der Waals surface area contributed by atoms with Crippen molar-refractivity contribution in [3.05, 3.63) is 28.5 Å². The SMILES string of the molecule is Cc1ccc2c(c1)n(C(=O)C(F)(F)F)c(=S)n2CN1CCCCC1. The third-order valence-electron chi connectivity index (χ3n) is 4.32. The molecule has 1 aromatic carbocycles. The predicted molar refractivity (Wildman–Crippen MR) is 87.6 cm³/mol. The summed E-state index contributed by atoms with van der Waals surface area (Å²) in [5, 5.41) is 0. The van der Waals surface area contributed by atoms with Crippen LogP contribution in [0.4, 0.5) is 13.2 Å². The molecule has 0 radical (unpaired) electrons. The van der Waals surface area contributed by atoms with Crippen molar-refractivity contribution in [1.29, 1.82) is 0 Å². The number of likely N-dealkylation sites (tertiary alicyclic amines) is 1. The number of rotatable bonds is 2. The van der Waals surface area contributed by atoms with Gasteiger partial charge >= 0.3 is 12.1 Å². The molecule has 0 aliphatic carbocycles. The van der Waals surface area contributed by atoms with Crippen LogP contribution in [-0.2, 0) is 6.67 Å². The zero-order valence-corrected chi connectivity index (χ0v) is 14.1. The fraction of sp³-hybridized carbons (Fsp3) is 0.500. The Labute approximate surface area is 142 Å². The Kier molecular flexibility index (Phi) is 4.52. The van der Waals surface area contributed by atoms with E-state index >= 15 is 0 Å². The number of nitrogens with zero attached hydrogens (tertiary/aromatic N) is 3. The van der Waals surface area contributed by atoms with Gasteiger partial charge in [-0.05, 0) is 62.8 Å². The van der Waals surface area contributed by atoms with E-state index in [0.29, 0.717) is 16.8 Å². The number of alkyl halides is 3. The highest BCUT2D eigenvalue weighted by Gasteiger charge is 2.41. The summed E-state index contributed by atoms with van der Waals surface area (Å²) in [6, 6.07) is 5.11. The maximum Gasteiger partial charge on any atom is 0.472 e. The van der Waals surface area contributed by atoms with Crippen molar-refractivity contribution in [3.8, 4) is 0 Å². The number of benzene rings is 1. The van der Waals surface area contributed by atoms with Crippen LogP contribution in [0.25, 0.3) is 11.0 Å². The molecule has 1 aliphatic rings. The van der Waals surface area contributed by atoms with Gasteiger partial charge in [0, 0.05) is 0 Å². The third-order valence-corrected chi connectivity index (χ3v) is 4.72. The Morgan fingerprint density at radius 2 is 1.83 bits per heavy atom. The number of piperidine rings is 1. The van der Waals surface area contributed by atoms with Crippen LogP contribution in [0.1, 0.15) is 29.6 Å². The number of aryl methyl sites for hydroxylation is 1. The van der Waals surface area contributed by atoms with Crippen LogP contribution in [-0.4, -0.2) is 39.2 Å². The molecule has 0 spiro atoms. The number of halogens is 3. The van der Waals surface area contributed by atoms with Crippen molar-refractivity contribution in [3.63, 3.8) is 0 Å². The van der Waals surface area contributed by atoms with E-state index in [4.69, 9.17) is 12.2 Å². The number of carbonyl (C=O) groups is 1. The molecule has 0 saturated carbocycles. The predicted octanol–water partition coefficient (Wildman–Crippen LogP) is 4.13. The molecule has 1 aliphatic heterocycles. The van der Waals surface area contributed by atoms with Gasteiger partial charge < -0.3 is 4.57 Å². The number of imidazole rings is 1. The Hall–Kier alpha value is -1.67. The van der Waals surface area contributed by atoms with Crippen LogP contribution in [0.2, 0.25) is 0 Å². The van der Waals surface area contributed by atoms with Crippen molar-refractivity contribution in [2.45, 2.75) is 39.0 Å². The van der Waals surface area contributed by atoms with Gasteiger partial charge in [0.1, 0.15) is 0 Å². The summed E-state index contributed by atoms with van der Waals surface area (Å²) in [4.78, 5) is 14.0. The van der Waals surface area contributed by atoms with Gasteiger partial charge in [0.05, 0.1) is 17.7 Å². The maximum absolute atomic E-state index is 13.0. The highest BCUT2D eigenvalue weighted by Crippen LogP contribution is 2.26. The summed E-state index contributed by atoms with van der Waals surface area (Å²) in [5.41, 5.74) is 1.53. The van der Waals surface area contributed by atoms with E-state index in [-0.39, 0.29) is 10.3 Å². The molecule has 0 unspecified atom stereocenters. The second-order valence-electron chi connectivity index (χ2n) is 6.16. The molecular formula is C16H18F3N3OS. The molecule has 1 fully saturated rings. The molecule has 0 N–H and O–H groups in total. The quantitative estimate of drug-likeness (QED) is 0.757. The second-order valence-corrected chi connectivity index (χ2v) is 6.53. The fourth-order valence-corrected chi connectivity index (χ4v) is 3.47. The summed E-state index contributed by atoms with van der Waals surface area (Å²) in [6.07, 6.45) is -1.68. The topological polar surface area (TPSA) is 30.2 Å². The Morgan fingerprint density at radius 1 is 1.17 bits per heavy atom. The number of hydrogen-bond donors (Lipinski definition) is 0. The lowest BCUT2D eigenvalue weighted by Crippen LogP contribution is -2.32. The number of hydrogen-bond acceptors (Lipinski definition) is 3. The van der Waals surface area contributed by atoms with E-state index in [1.807, 2.05) is 6.07 Å². The van der Waals surface area contributed by atoms with Gasteiger partial charge in [-0.25, -0.2) is 4.57 Å². The van der Waals surface area contributed by atoms with E-state index in [9.17, 15) is 18.0 Å². The molecule has 8 heteroatoms. The van der Waals surface area contributed by atoms with Gasteiger partial charge in [-0.15, -0.1) is 0 Å². The van der Waals surface area contributed by atoms with E-state index in [1.165, 1.54) is 0 Å². The van der Waals surface area contributed by atoms with Crippen molar-refractivity contribution in [2.75, 3.05) is 13.1 Å². The normalized spacial score (nSPS) is 16.7. The largest absolute Gasteiger partial charge is 0.472 e. The average Bonchev–Trinajstić information content (AvgIpc) is 2.78. The molecular weight excluding hydrogens is 339 g/mol. The lowest BCUT2D eigenvalue weighted by Gasteiger charge is -2.26. The van der Waals surface area contributed by atoms with Crippen LogP contribution >= 0.6 is 12.2 Å². The lowest BCUT2D eigenvalue weighted by molar-refractivity contribution is -0.0944. The van der Waals surface area contributed by atoms with Crippen LogP contribution < -0.4 is 0 Å². The smallest absolute Gasteiger partial charge is 0.303 e. The third kappa shape index (κ3) is 3.12. The Balaban J connectivity index is 2.14. The summed E-state index contributed by atoms with van der Waals surface area (Å²) in [5.74, 6) is -1.94. The minimum atomic E-state index is -4.97. The minimum Gasteiger partial charge on any atom is -0.303 e. The molecule has 1 saturated heterocycles.